The molecule has 0 aromatic heterocycles. The molecule has 0 saturated carbocycles. The highest BCUT2D eigenvalue weighted by Gasteiger charge is 2.16. The van der Waals surface area contributed by atoms with Gasteiger partial charge in [0.1, 0.15) is 5.75 Å². The molecule has 2 aromatic rings. The van der Waals surface area contributed by atoms with E-state index in [-0.39, 0.29) is 11.4 Å². The summed E-state index contributed by atoms with van der Waals surface area (Å²) < 4.78 is 5.51. The Kier molecular flexibility index (Phi) is 4.86. The highest BCUT2D eigenvalue weighted by Crippen LogP contribution is 2.35. The van der Waals surface area contributed by atoms with Crippen molar-refractivity contribution in [1.82, 2.24) is 0 Å². The molecule has 0 bridgehead atoms. The SMILES string of the molecule is O=[N+]([O-])c1ccc(Cl)cc1Oc1ccc(CBr)c(Cl)c1. The van der Waals surface area contributed by atoms with E-state index in [9.17, 15) is 10.1 Å². The average molecular weight is 377 g/mol. The first-order valence-corrected chi connectivity index (χ1v) is 7.35. The number of nitrogens with zero attached hydrogens (tertiary/aromatic N) is 1. The first-order chi connectivity index (χ1) is 9.51. The number of nitro groups is 1. The fourth-order valence-corrected chi connectivity index (χ4v) is 2.60. The molecule has 0 heterocycles. The highest BCUT2D eigenvalue weighted by atomic mass is 79.9. The second kappa shape index (κ2) is 6.43. The van der Waals surface area contributed by atoms with Gasteiger partial charge in [-0.1, -0.05) is 45.2 Å². The third kappa shape index (κ3) is 3.42. The number of rotatable bonds is 4. The summed E-state index contributed by atoms with van der Waals surface area (Å²) in [5.41, 5.74) is 0.745. The van der Waals surface area contributed by atoms with E-state index in [2.05, 4.69) is 15.9 Å². The van der Waals surface area contributed by atoms with Gasteiger partial charge >= 0.3 is 5.69 Å². The maximum atomic E-state index is 10.9. The number of ether oxygens (including phenoxy) is 1. The van der Waals surface area contributed by atoms with E-state index in [1.54, 1.807) is 18.2 Å². The van der Waals surface area contributed by atoms with Crippen LogP contribution in [0.5, 0.6) is 11.5 Å². The van der Waals surface area contributed by atoms with Gasteiger partial charge in [0.2, 0.25) is 5.75 Å². The Morgan fingerprint density at radius 1 is 1.20 bits per heavy atom. The number of benzene rings is 2. The number of nitro benzene ring substituents is 1. The lowest BCUT2D eigenvalue weighted by atomic mass is 10.2. The van der Waals surface area contributed by atoms with Gasteiger partial charge in [-0.2, -0.15) is 0 Å². The van der Waals surface area contributed by atoms with Gasteiger partial charge in [-0.15, -0.1) is 0 Å². The van der Waals surface area contributed by atoms with Crippen molar-refractivity contribution in [1.29, 1.82) is 0 Å². The van der Waals surface area contributed by atoms with Crippen LogP contribution in [-0.2, 0) is 5.33 Å². The van der Waals surface area contributed by atoms with Crippen molar-refractivity contribution in [3.8, 4) is 11.5 Å². The van der Waals surface area contributed by atoms with Crippen LogP contribution in [0, 0.1) is 10.1 Å². The molecule has 0 spiro atoms. The molecular weight excluding hydrogens is 369 g/mol. The minimum atomic E-state index is -0.528. The Labute approximate surface area is 133 Å². The molecule has 20 heavy (non-hydrogen) atoms. The molecule has 0 amide bonds. The Bertz CT molecular complexity index is 664. The van der Waals surface area contributed by atoms with Crippen LogP contribution in [0.25, 0.3) is 0 Å². The van der Waals surface area contributed by atoms with Crippen LogP contribution < -0.4 is 4.74 Å². The van der Waals surface area contributed by atoms with Crippen LogP contribution in [-0.4, -0.2) is 4.92 Å². The summed E-state index contributed by atoms with van der Waals surface area (Å²) in [6, 6.07) is 9.20. The lowest BCUT2D eigenvalue weighted by Crippen LogP contribution is -1.93. The average Bonchev–Trinajstić information content (AvgIpc) is 2.38. The molecule has 7 heteroatoms. The second-order valence-corrected chi connectivity index (χ2v) is 5.26. The molecule has 0 radical (unpaired) electrons. The lowest BCUT2D eigenvalue weighted by Gasteiger charge is -2.08. The van der Waals surface area contributed by atoms with Crippen molar-refractivity contribution < 1.29 is 9.66 Å². The fraction of sp³-hybridized carbons (Fsp3) is 0.0769. The normalized spacial score (nSPS) is 10.3. The minimum Gasteiger partial charge on any atom is -0.450 e. The molecule has 0 atom stereocenters. The van der Waals surface area contributed by atoms with Crippen molar-refractivity contribution in [2.75, 3.05) is 0 Å². The van der Waals surface area contributed by atoms with Gasteiger partial charge in [-0.25, -0.2) is 0 Å². The summed E-state index contributed by atoms with van der Waals surface area (Å²) in [5, 5.41) is 12.4. The van der Waals surface area contributed by atoms with Crippen molar-refractivity contribution in [2.45, 2.75) is 5.33 Å². The quantitative estimate of drug-likeness (QED) is 0.397. The smallest absolute Gasteiger partial charge is 0.311 e. The number of alkyl halides is 1. The predicted molar refractivity (Wildman–Crippen MR) is 82.3 cm³/mol. The van der Waals surface area contributed by atoms with E-state index in [4.69, 9.17) is 27.9 Å². The maximum absolute atomic E-state index is 10.9. The summed E-state index contributed by atoms with van der Waals surface area (Å²) in [6.07, 6.45) is 0. The van der Waals surface area contributed by atoms with E-state index >= 15 is 0 Å². The van der Waals surface area contributed by atoms with Crippen molar-refractivity contribution in [3.63, 3.8) is 0 Å². The zero-order chi connectivity index (χ0) is 14.7. The lowest BCUT2D eigenvalue weighted by molar-refractivity contribution is -0.385. The number of hydrogen-bond donors (Lipinski definition) is 0. The molecule has 0 aliphatic carbocycles. The number of halogens is 3. The van der Waals surface area contributed by atoms with Gasteiger partial charge in [-0.05, 0) is 23.8 Å². The molecule has 0 fully saturated rings. The van der Waals surface area contributed by atoms with E-state index in [0.29, 0.717) is 21.1 Å². The van der Waals surface area contributed by atoms with E-state index in [0.717, 1.165) is 5.56 Å². The van der Waals surface area contributed by atoms with E-state index < -0.39 is 4.92 Å². The fourth-order valence-electron chi connectivity index (χ4n) is 1.55. The molecule has 0 unspecified atom stereocenters. The monoisotopic (exact) mass is 375 g/mol. The summed E-state index contributed by atoms with van der Waals surface area (Å²) >= 11 is 15.2. The summed E-state index contributed by atoms with van der Waals surface area (Å²) in [7, 11) is 0. The molecule has 2 rings (SSSR count). The highest BCUT2D eigenvalue weighted by molar-refractivity contribution is 9.08. The first-order valence-electron chi connectivity index (χ1n) is 5.47. The van der Waals surface area contributed by atoms with Gasteiger partial charge in [0, 0.05) is 27.5 Å². The molecule has 0 N–H and O–H groups in total. The minimum absolute atomic E-state index is 0.0742. The van der Waals surface area contributed by atoms with Crippen LogP contribution in [0.3, 0.4) is 0 Å². The van der Waals surface area contributed by atoms with Crippen molar-refractivity contribution in [2.24, 2.45) is 0 Å². The first kappa shape index (κ1) is 15.1. The second-order valence-electron chi connectivity index (χ2n) is 3.86. The van der Waals surface area contributed by atoms with Crippen LogP contribution in [0.2, 0.25) is 10.0 Å². The van der Waals surface area contributed by atoms with Crippen LogP contribution >= 0.6 is 39.1 Å². The van der Waals surface area contributed by atoms with Crippen LogP contribution in [0.4, 0.5) is 5.69 Å². The molecule has 0 aliphatic rings. The van der Waals surface area contributed by atoms with Gasteiger partial charge in [0.15, 0.2) is 0 Å². The van der Waals surface area contributed by atoms with Gasteiger partial charge in [-0.3, -0.25) is 10.1 Å². The van der Waals surface area contributed by atoms with Crippen LogP contribution in [0.15, 0.2) is 36.4 Å². The zero-order valence-corrected chi connectivity index (χ0v) is 13.1. The third-order valence-corrected chi connectivity index (χ3v) is 3.71. The Morgan fingerprint density at radius 2 is 1.95 bits per heavy atom. The predicted octanol–water partition coefficient (Wildman–Crippen LogP) is 5.59. The number of hydrogen-bond acceptors (Lipinski definition) is 3. The Hall–Kier alpha value is -1.30. The van der Waals surface area contributed by atoms with Gasteiger partial charge < -0.3 is 4.74 Å². The van der Waals surface area contributed by atoms with Crippen molar-refractivity contribution >= 4 is 44.8 Å². The van der Waals surface area contributed by atoms with E-state index in [1.165, 1.54) is 18.2 Å². The Balaban J connectivity index is 2.36. The van der Waals surface area contributed by atoms with Gasteiger partial charge in [0.05, 0.1) is 4.92 Å². The molecule has 0 saturated heterocycles. The Morgan fingerprint density at radius 3 is 2.55 bits per heavy atom. The maximum Gasteiger partial charge on any atom is 0.311 e. The topological polar surface area (TPSA) is 52.4 Å². The van der Waals surface area contributed by atoms with Crippen LogP contribution in [0.1, 0.15) is 5.56 Å². The van der Waals surface area contributed by atoms with Gasteiger partial charge in [0.25, 0.3) is 0 Å². The van der Waals surface area contributed by atoms with E-state index in [1.807, 2.05) is 0 Å². The molecule has 104 valence electrons. The molecule has 2 aromatic carbocycles. The summed E-state index contributed by atoms with van der Waals surface area (Å²) in [4.78, 5) is 10.4. The summed E-state index contributed by atoms with van der Waals surface area (Å²) in [5.74, 6) is 0.482. The zero-order valence-electron chi connectivity index (χ0n) is 9.98. The molecule has 4 nitrogen and oxygen atoms in total. The largest absolute Gasteiger partial charge is 0.450 e. The molecule has 0 aliphatic heterocycles. The standard InChI is InChI=1S/C13H8BrCl2NO3/c14-7-8-1-3-10(6-11(8)16)20-13-5-9(15)2-4-12(13)17(18)19/h1-6H,7H2. The molecular formula is C13H8BrCl2NO3. The summed E-state index contributed by atoms with van der Waals surface area (Å²) in [6.45, 7) is 0. The third-order valence-electron chi connectivity index (χ3n) is 2.51. The van der Waals surface area contributed by atoms with Crippen molar-refractivity contribution in [3.05, 3.63) is 62.1 Å².